The lowest BCUT2D eigenvalue weighted by Gasteiger charge is -2.31. The zero-order valence-corrected chi connectivity index (χ0v) is 22.8. The standard InChI is InChI=1S/C26H33N3O2S.C2H6/c1-8-9-23(28-24-18(2)27-17-22(24)25(30)26(3,4)5)19-14-20(16-21(15-19)31-6)29-10-12-32(7)13-11-29;1-2/h14-17,27H,7,10-13H2,1-6H3;1-2H3. The van der Waals surface area contributed by atoms with E-state index in [9.17, 15) is 4.79 Å². The van der Waals surface area contributed by atoms with Gasteiger partial charge in [0.05, 0.1) is 18.4 Å². The molecule has 0 aliphatic carbocycles. The molecule has 0 saturated carbocycles. The fourth-order valence-electron chi connectivity index (χ4n) is 3.61. The molecule has 0 atom stereocenters. The van der Waals surface area contributed by atoms with Gasteiger partial charge in [-0.25, -0.2) is 4.99 Å². The van der Waals surface area contributed by atoms with Crippen LogP contribution in [0.5, 0.6) is 5.75 Å². The second-order valence-corrected chi connectivity index (χ2v) is 11.1. The van der Waals surface area contributed by atoms with Gasteiger partial charge >= 0.3 is 0 Å². The van der Waals surface area contributed by atoms with Gasteiger partial charge in [0.2, 0.25) is 0 Å². The topological polar surface area (TPSA) is 57.7 Å². The summed E-state index contributed by atoms with van der Waals surface area (Å²) in [6.07, 6.45) is 1.75. The number of ketones is 1. The van der Waals surface area contributed by atoms with E-state index in [1.54, 1.807) is 20.2 Å². The number of nitrogens with zero attached hydrogens (tertiary/aromatic N) is 2. The molecule has 2 aromatic rings. The van der Waals surface area contributed by atoms with E-state index in [4.69, 9.17) is 9.73 Å². The summed E-state index contributed by atoms with van der Waals surface area (Å²) in [4.78, 5) is 23.4. The smallest absolute Gasteiger partial charge is 0.171 e. The Labute approximate surface area is 207 Å². The molecule has 184 valence electrons. The van der Waals surface area contributed by atoms with Crippen molar-refractivity contribution in [2.45, 2.75) is 48.5 Å². The molecule has 2 heterocycles. The zero-order chi connectivity index (χ0) is 25.5. The van der Waals surface area contributed by atoms with E-state index in [0.717, 1.165) is 47.3 Å². The fraction of sp³-hybridized carbons (Fsp3) is 0.464. The van der Waals surface area contributed by atoms with Gasteiger partial charge in [-0.1, -0.05) is 46.4 Å². The third kappa shape index (κ3) is 6.64. The highest BCUT2D eigenvalue weighted by Gasteiger charge is 2.27. The average molecular weight is 482 g/mol. The number of aromatic nitrogens is 1. The van der Waals surface area contributed by atoms with E-state index in [-0.39, 0.29) is 16.3 Å². The van der Waals surface area contributed by atoms with Crippen LogP contribution in [0.4, 0.5) is 11.4 Å². The van der Waals surface area contributed by atoms with Crippen molar-refractivity contribution in [1.82, 2.24) is 4.98 Å². The Morgan fingerprint density at radius 1 is 1.21 bits per heavy atom. The lowest BCUT2D eigenvalue weighted by Crippen LogP contribution is -2.33. The number of benzene rings is 1. The lowest BCUT2D eigenvalue weighted by molar-refractivity contribution is 0.0859. The summed E-state index contributed by atoms with van der Waals surface area (Å²) in [5.41, 5.74) is 4.17. The van der Waals surface area contributed by atoms with Gasteiger partial charge in [-0.15, -0.1) is 0 Å². The number of aliphatic imine (C=N–C) groups is 1. The lowest BCUT2D eigenvalue weighted by atomic mass is 9.87. The van der Waals surface area contributed by atoms with E-state index in [1.807, 2.05) is 47.6 Å². The number of hydrogen-bond donors (Lipinski definition) is 1. The number of carbonyl (C=O) groups is 1. The summed E-state index contributed by atoms with van der Waals surface area (Å²) in [7, 11) is 1.92. The molecule has 0 amide bonds. The van der Waals surface area contributed by atoms with Crippen LogP contribution < -0.4 is 9.64 Å². The first-order valence-electron chi connectivity index (χ1n) is 11.8. The number of aromatic amines is 1. The third-order valence-electron chi connectivity index (χ3n) is 5.50. The average Bonchev–Trinajstić information content (AvgIpc) is 3.18. The number of anilines is 1. The third-order valence-corrected chi connectivity index (χ3v) is 7.02. The van der Waals surface area contributed by atoms with E-state index in [2.05, 4.69) is 39.7 Å². The Morgan fingerprint density at radius 3 is 2.41 bits per heavy atom. The van der Waals surface area contributed by atoms with Gasteiger partial charge in [-0.3, -0.25) is 4.79 Å². The maximum atomic E-state index is 13.0. The van der Waals surface area contributed by atoms with Gasteiger partial charge < -0.3 is 14.6 Å². The Kier molecular flexibility index (Phi) is 9.76. The summed E-state index contributed by atoms with van der Waals surface area (Å²) in [6, 6.07) is 6.13. The Balaban J connectivity index is 0.00000199. The number of carbonyl (C=O) groups excluding carboxylic acids is 1. The fourth-order valence-corrected chi connectivity index (χ4v) is 4.77. The number of ether oxygens (including phenoxy) is 1. The zero-order valence-electron chi connectivity index (χ0n) is 22.0. The first-order valence-corrected chi connectivity index (χ1v) is 13.5. The number of Topliss-reactive ketones (excluding diaryl/α,β-unsaturated/α-hetero) is 1. The minimum Gasteiger partial charge on any atom is -0.497 e. The maximum absolute atomic E-state index is 13.0. The molecule has 1 aromatic carbocycles. The van der Waals surface area contributed by atoms with Crippen LogP contribution in [-0.2, 0) is 0 Å². The first kappa shape index (κ1) is 27.5. The van der Waals surface area contributed by atoms with Crippen molar-refractivity contribution in [3.05, 3.63) is 41.2 Å². The molecule has 1 aliphatic rings. The van der Waals surface area contributed by atoms with Crippen LogP contribution in [-0.4, -0.2) is 54.1 Å². The van der Waals surface area contributed by atoms with Crippen LogP contribution in [0.25, 0.3) is 0 Å². The van der Waals surface area contributed by atoms with Crippen molar-refractivity contribution in [3.8, 4) is 17.6 Å². The number of H-pyrrole nitrogens is 1. The Hall–Kier alpha value is -2.78. The normalized spacial score (nSPS) is 14.6. The number of aryl methyl sites for hydroxylation is 1. The monoisotopic (exact) mass is 481 g/mol. The minimum absolute atomic E-state index is 0.0487. The molecule has 1 aliphatic heterocycles. The minimum atomic E-state index is -0.500. The first-order chi connectivity index (χ1) is 16.1. The highest BCUT2D eigenvalue weighted by atomic mass is 32.2. The summed E-state index contributed by atoms with van der Waals surface area (Å²) in [6.45, 7) is 15.4. The van der Waals surface area contributed by atoms with Crippen LogP contribution >= 0.6 is 10.5 Å². The van der Waals surface area contributed by atoms with Crippen LogP contribution in [0.15, 0.2) is 29.4 Å². The summed E-state index contributed by atoms with van der Waals surface area (Å²) in [5, 5.41) is 0. The molecule has 1 aromatic heterocycles. The summed E-state index contributed by atoms with van der Waals surface area (Å²) < 4.78 is 5.60. The van der Waals surface area contributed by atoms with Crippen molar-refractivity contribution < 1.29 is 9.53 Å². The van der Waals surface area contributed by atoms with Crippen molar-refractivity contribution >= 4 is 39.2 Å². The molecule has 0 bridgehead atoms. The summed E-state index contributed by atoms with van der Waals surface area (Å²) >= 11 is 0. The molecule has 1 fully saturated rings. The van der Waals surface area contributed by atoms with Gasteiger partial charge in [-0.2, -0.15) is 10.5 Å². The largest absolute Gasteiger partial charge is 0.497 e. The number of hydrogen-bond acceptors (Lipinski definition) is 4. The van der Waals surface area contributed by atoms with Crippen LogP contribution in [0, 0.1) is 24.2 Å². The molecule has 34 heavy (non-hydrogen) atoms. The van der Waals surface area contributed by atoms with Crippen LogP contribution in [0.2, 0.25) is 0 Å². The number of methoxy groups -OCH3 is 1. The molecule has 1 saturated heterocycles. The van der Waals surface area contributed by atoms with Crippen molar-refractivity contribution in [2.75, 3.05) is 36.6 Å². The molecule has 1 N–H and O–H groups in total. The molecule has 5 nitrogen and oxygen atoms in total. The SMILES string of the molecule is C=S1CCN(c2cc(OC)cc(C(C#CC)=Nc3c(C(=O)C(C)(C)C)c[nH]c3C)c2)CC1.CC. The molecule has 0 spiro atoms. The Morgan fingerprint density at radius 2 is 1.85 bits per heavy atom. The van der Waals surface area contributed by atoms with Crippen molar-refractivity contribution in [3.63, 3.8) is 0 Å². The molecule has 0 unspecified atom stereocenters. The van der Waals surface area contributed by atoms with Crippen LogP contribution in [0.3, 0.4) is 0 Å². The van der Waals surface area contributed by atoms with E-state index in [1.165, 1.54) is 0 Å². The molecule has 3 rings (SSSR count). The molecule has 0 radical (unpaired) electrons. The van der Waals surface area contributed by atoms with Crippen LogP contribution in [0.1, 0.15) is 63.2 Å². The predicted molar refractivity (Wildman–Crippen MR) is 150 cm³/mol. The molecular weight excluding hydrogens is 442 g/mol. The number of nitrogens with one attached hydrogen (secondary N) is 1. The van der Waals surface area contributed by atoms with Gasteiger partial charge in [-0.05, 0) is 31.9 Å². The quantitative estimate of drug-likeness (QED) is 0.238. The van der Waals surface area contributed by atoms with Gasteiger partial charge in [0, 0.05) is 59.2 Å². The number of rotatable bonds is 5. The molecule has 6 heteroatoms. The van der Waals surface area contributed by atoms with Gasteiger partial charge in [0.1, 0.15) is 11.5 Å². The van der Waals surface area contributed by atoms with E-state index in [0.29, 0.717) is 17.0 Å². The van der Waals surface area contributed by atoms with E-state index < -0.39 is 5.41 Å². The van der Waals surface area contributed by atoms with Crippen molar-refractivity contribution in [2.24, 2.45) is 10.4 Å². The van der Waals surface area contributed by atoms with Crippen molar-refractivity contribution in [1.29, 1.82) is 0 Å². The van der Waals surface area contributed by atoms with E-state index >= 15 is 0 Å². The Bertz CT molecular complexity index is 1120. The summed E-state index contributed by atoms with van der Waals surface area (Å²) in [5.74, 6) is 13.4. The van der Waals surface area contributed by atoms with Gasteiger partial charge in [0.25, 0.3) is 0 Å². The van der Waals surface area contributed by atoms with Gasteiger partial charge in [0.15, 0.2) is 5.78 Å². The highest BCUT2D eigenvalue weighted by Crippen LogP contribution is 2.32. The maximum Gasteiger partial charge on any atom is 0.171 e. The second-order valence-electron chi connectivity index (χ2n) is 9.02. The highest BCUT2D eigenvalue weighted by molar-refractivity contribution is 8.14. The molecular formula is C28H39N3O2S. The predicted octanol–water partition coefficient (Wildman–Crippen LogP) is 6.25. The second kappa shape index (κ2) is 12.1.